The van der Waals surface area contributed by atoms with E-state index in [1.165, 1.54) is 0 Å². The van der Waals surface area contributed by atoms with Gasteiger partial charge in [-0.05, 0) is 18.2 Å². The van der Waals surface area contributed by atoms with Crippen LogP contribution in [0.2, 0.25) is 0 Å². The van der Waals surface area contributed by atoms with Crippen LogP contribution in [0.5, 0.6) is 11.5 Å². The highest BCUT2D eigenvalue weighted by Gasteiger charge is 2.01. The lowest BCUT2D eigenvalue weighted by atomic mass is 10.3. The zero-order chi connectivity index (χ0) is 11.4. The van der Waals surface area contributed by atoms with E-state index in [-0.39, 0.29) is 5.75 Å². The number of hydrogen-bond acceptors (Lipinski definition) is 4. The lowest BCUT2D eigenvalue weighted by Crippen LogP contribution is -1.97. The van der Waals surface area contributed by atoms with E-state index in [0.717, 1.165) is 5.56 Å². The smallest absolute Gasteiger partial charge is 0.161 e. The van der Waals surface area contributed by atoms with Crippen LogP contribution in [-0.2, 0) is 6.61 Å². The maximum absolute atomic E-state index is 9.48. The Labute approximate surface area is 93.3 Å². The maximum atomic E-state index is 9.48. The number of phenols is 1. The molecule has 82 valence electrons. The van der Waals surface area contributed by atoms with Gasteiger partial charge in [-0.15, -0.1) is 0 Å². The molecule has 4 heteroatoms. The van der Waals surface area contributed by atoms with Gasteiger partial charge in [0.2, 0.25) is 0 Å². The zero-order valence-corrected chi connectivity index (χ0v) is 8.63. The number of para-hydroxylation sites is 2. The molecule has 0 radical (unpaired) electrons. The summed E-state index contributed by atoms with van der Waals surface area (Å²) in [6.45, 7) is 0.329. The molecule has 2 aromatic rings. The molecule has 3 N–H and O–H groups in total. The number of benzene rings is 1. The Kier molecular flexibility index (Phi) is 2.91. The molecule has 0 aliphatic carbocycles. The highest BCUT2D eigenvalue weighted by molar-refractivity contribution is 5.39. The Morgan fingerprint density at radius 1 is 1.25 bits per heavy atom. The summed E-state index contributed by atoms with van der Waals surface area (Å²) in [6.07, 6.45) is 3.25. The van der Waals surface area contributed by atoms with E-state index in [0.29, 0.717) is 18.0 Å². The van der Waals surface area contributed by atoms with Crippen LogP contribution in [0.15, 0.2) is 42.7 Å². The summed E-state index contributed by atoms with van der Waals surface area (Å²) in [6, 6.07) is 8.60. The van der Waals surface area contributed by atoms with Gasteiger partial charge in [0, 0.05) is 18.0 Å². The van der Waals surface area contributed by atoms with Crippen LogP contribution in [0.1, 0.15) is 5.56 Å². The Bertz CT molecular complexity index is 486. The number of aromatic hydroxyl groups is 1. The standard InChI is InChI=1S/C12H12N2O2/c13-10-5-9(6-14-7-10)8-16-12-4-2-1-3-11(12)15/h1-7,15H,8,13H2. The second-order valence-electron chi connectivity index (χ2n) is 3.38. The van der Waals surface area contributed by atoms with Crippen molar-refractivity contribution < 1.29 is 9.84 Å². The Morgan fingerprint density at radius 2 is 2.06 bits per heavy atom. The van der Waals surface area contributed by atoms with Gasteiger partial charge in [0.25, 0.3) is 0 Å². The number of ether oxygens (including phenoxy) is 1. The van der Waals surface area contributed by atoms with Crippen molar-refractivity contribution in [2.45, 2.75) is 6.61 Å². The Morgan fingerprint density at radius 3 is 2.81 bits per heavy atom. The number of nitrogens with zero attached hydrogens (tertiary/aromatic N) is 1. The third-order valence-electron chi connectivity index (χ3n) is 2.08. The van der Waals surface area contributed by atoms with Crippen LogP contribution in [-0.4, -0.2) is 10.1 Å². The molecule has 0 saturated heterocycles. The largest absolute Gasteiger partial charge is 0.504 e. The fraction of sp³-hybridized carbons (Fsp3) is 0.0833. The minimum absolute atomic E-state index is 0.124. The average molecular weight is 216 g/mol. The number of nitrogen functional groups attached to an aromatic ring is 1. The maximum Gasteiger partial charge on any atom is 0.161 e. The molecular formula is C12H12N2O2. The van der Waals surface area contributed by atoms with Gasteiger partial charge < -0.3 is 15.6 Å². The summed E-state index contributed by atoms with van der Waals surface area (Å²) >= 11 is 0. The first kappa shape index (κ1) is 10.3. The van der Waals surface area contributed by atoms with Crippen molar-refractivity contribution in [2.75, 3.05) is 5.73 Å². The molecular weight excluding hydrogens is 204 g/mol. The van der Waals surface area contributed by atoms with E-state index < -0.39 is 0 Å². The van der Waals surface area contributed by atoms with Crippen molar-refractivity contribution in [1.82, 2.24) is 4.98 Å². The first-order valence-corrected chi connectivity index (χ1v) is 4.86. The minimum Gasteiger partial charge on any atom is -0.504 e. The average Bonchev–Trinajstić information content (AvgIpc) is 2.28. The number of aromatic nitrogens is 1. The number of phenolic OH excluding ortho intramolecular Hbond substituents is 1. The lowest BCUT2D eigenvalue weighted by molar-refractivity contribution is 0.288. The van der Waals surface area contributed by atoms with Crippen molar-refractivity contribution in [3.05, 3.63) is 48.3 Å². The first-order chi connectivity index (χ1) is 7.75. The lowest BCUT2D eigenvalue weighted by Gasteiger charge is -2.07. The number of rotatable bonds is 3. The van der Waals surface area contributed by atoms with E-state index >= 15 is 0 Å². The molecule has 1 aromatic heterocycles. The third-order valence-corrected chi connectivity index (χ3v) is 2.08. The predicted octanol–water partition coefficient (Wildman–Crippen LogP) is 1.95. The van der Waals surface area contributed by atoms with Gasteiger partial charge in [0.15, 0.2) is 11.5 Å². The second kappa shape index (κ2) is 4.53. The van der Waals surface area contributed by atoms with Crippen LogP contribution in [0.3, 0.4) is 0 Å². The summed E-state index contributed by atoms with van der Waals surface area (Å²) in [4.78, 5) is 3.95. The molecule has 0 saturated carbocycles. The van der Waals surface area contributed by atoms with Crippen LogP contribution in [0.4, 0.5) is 5.69 Å². The van der Waals surface area contributed by atoms with Gasteiger partial charge in [-0.2, -0.15) is 0 Å². The highest BCUT2D eigenvalue weighted by Crippen LogP contribution is 2.25. The summed E-state index contributed by atoms with van der Waals surface area (Å²) in [7, 11) is 0. The third kappa shape index (κ3) is 2.42. The molecule has 0 unspecified atom stereocenters. The van der Waals surface area contributed by atoms with E-state index in [1.807, 2.05) is 0 Å². The number of hydrogen-bond donors (Lipinski definition) is 2. The van der Waals surface area contributed by atoms with Crippen molar-refractivity contribution in [2.24, 2.45) is 0 Å². The van der Waals surface area contributed by atoms with Gasteiger partial charge >= 0.3 is 0 Å². The normalized spacial score (nSPS) is 10.0. The van der Waals surface area contributed by atoms with Crippen LogP contribution >= 0.6 is 0 Å². The van der Waals surface area contributed by atoms with E-state index in [4.69, 9.17) is 10.5 Å². The van der Waals surface area contributed by atoms with Gasteiger partial charge in [-0.25, -0.2) is 0 Å². The molecule has 1 aromatic carbocycles. The van der Waals surface area contributed by atoms with E-state index in [1.54, 1.807) is 42.7 Å². The predicted molar refractivity (Wildman–Crippen MR) is 61.1 cm³/mol. The summed E-state index contributed by atoms with van der Waals surface area (Å²) in [5, 5.41) is 9.48. The Balaban J connectivity index is 2.05. The first-order valence-electron chi connectivity index (χ1n) is 4.86. The molecule has 2 rings (SSSR count). The number of nitrogens with two attached hydrogens (primary N) is 1. The van der Waals surface area contributed by atoms with E-state index in [2.05, 4.69) is 4.98 Å². The summed E-state index contributed by atoms with van der Waals surface area (Å²) < 4.78 is 5.43. The molecule has 4 nitrogen and oxygen atoms in total. The van der Waals surface area contributed by atoms with Crippen LogP contribution in [0, 0.1) is 0 Å². The van der Waals surface area contributed by atoms with Gasteiger partial charge in [0.1, 0.15) is 6.61 Å². The van der Waals surface area contributed by atoms with Crippen molar-refractivity contribution in [3.8, 4) is 11.5 Å². The fourth-order valence-corrected chi connectivity index (χ4v) is 1.33. The second-order valence-corrected chi connectivity index (χ2v) is 3.38. The van der Waals surface area contributed by atoms with Crippen LogP contribution < -0.4 is 10.5 Å². The molecule has 0 fully saturated rings. The number of anilines is 1. The minimum atomic E-state index is 0.124. The van der Waals surface area contributed by atoms with Crippen molar-refractivity contribution in [1.29, 1.82) is 0 Å². The van der Waals surface area contributed by atoms with Gasteiger partial charge in [0.05, 0.1) is 5.69 Å². The summed E-state index contributed by atoms with van der Waals surface area (Å²) in [5.74, 6) is 0.573. The molecule has 0 atom stereocenters. The fourth-order valence-electron chi connectivity index (χ4n) is 1.33. The topological polar surface area (TPSA) is 68.4 Å². The van der Waals surface area contributed by atoms with Crippen molar-refractivity contribution >= 4 is 5.69 Å². The number of pyridine rings is 1. The van der Waals surface area contributed by atoms with Gasteiger partial charge in [-0.1, -0.05) is 12.1 Å². The molecule has 0 bridgehead atoms. The van der Waals surface area contributed by atoms with Gasteiger partial charge in [-0.3, -0.25) is 4.98 Å². The quantitative estimate of drug-likeness (QED) is 0.822. The molecule has 0 aliphatic rings. The molecule has 1 heterocycles. The zero-order valence-electron chi connectivity index (χ0n) is 8.63. The monoisotopic (exact) mass is 216 g/mol. The molecule has 0 aliphatic heterocycles. The molecule has 0 spiro atoms. The SMILES string of the molecule is Nc1cncc(COc2ccccc2O)c1. The Hall–Kier alpha value is -2.23. The summed E-state index contributed by atoms with van der Waals surface area (Å²) in [5.41, 5.74) is 7.05. The van der Waals surface area contributed by atoms with Crippen molar-refractivity contribution in [3.63, 3.8) is 0 Å². The van der Waals surface area contributed by atoms with Crippen LogP contribution in [0.25, 0.3) is 0 Å². The molecule has 0 amide bonds. The van der Waals surface area contributed by atoms with E-state index in [9.17, 15) is 5.11 Å². The molecule has 16 heavy (non-hydrogen) atoms. The highest BCUT2D eigenvalue weighted by atomic mass is 16.5.